The number of benzene rings is 2. The fourth-order valence-corrected chi connectivity index (χ4v) is 5.62. The van der Waals surface area contributed by atoms with E-state index in [-0.39, 0.29) is 12.6 Å². The number of rotatable bonds is 5. The van der Waals surface area contributed by atoms with Crippen LogP contribution in [-0.2, 0) is 6.54 Å². The molecular weight excluding hydrogens is 394 g/mol. The van der Waals surface area contributed by atoms with Gasteiger partial charge in [-0.3, -0.25) is 14.8 Å². The van der Waals surface area contributed by atoms with Gasteiger partial charge in [0, 0.05) is 43.5 Å². The molecule has 4 nitrogen and oxygen atoms in total. The summed E-state index contributed by atoms with van der Waals surface area (Å²) in [5, 5.41) is 10.2. The molecule has 0 radical (unpaired) electrons. The SMILES string of the molecule is Cc1cccc(-c2ccc([C@@H]3[C@@H](CO)N4CCCCN(Cc5ccncc5)C[C@@H]34)cc2)c1. The highest BCUT2D eigenvalue weighted by molar-refractivity contribution is 5.64. The summed E-state index contributed by atoms with van der Waals surface area (Å²) in [4.78, 5) is 9.31. The fourth-order valence-electron chi connectivity index (χ4n) is 5.62. The molecule has 4 heteroatoms. The van der Waals surface area contributed by atoms with Crippen molar-refractivity contribution in [3.63, 3.8) is 0 Å². The van der Waals surface area contributed by atoms with Crippen molar-refractivity contribution in [3.8, 4) is 11.1 Å². The van der Waals surface area contributed by atoms with Gasteiger partial charge in [0.2, 0.25) is 0 Å². The molecule has 0 amide bonds. The highest BCUT2D eigenvalue weighted by Crippen LogP contribution is 2.42. The molecule has 0 bridgehead atoms. The molecule has 2 aromatic carbocycles. The van der Waals surface area contributed by atoms with Crippen molar-refractivity contribution in [1.29, 1.82) is 0 Å². The third kappa shape index (κ3) is 4.36. The quantitative estimate of drug-likeness (QED) is 0.652. The number of hydrogen-bond donors (Lipinski definition) is 1. The molecule has 1 N–H and O–H groups in total. The molecule has 0 spiro atoms. The first-order chi connectivity index (χ1) is 15.7. The first-order valence-electron chi connectivity index (χ1n) is 11.9. The molecule has 2 saturated heterocycles. The van der Waals surface area contributed by atoms with E-state index in [1.54, 1.807) is 0 Å². The Labute approximate surface area is 191 Å². The lowest BCUT2D eigenvalue weighted by Crippen LogP contribution is -2.67. The predicted molar refractivity (Wildman–Crippen MR) is 129 cm³/mol. The largest absolute Gasteiger partial charge is 0.395 e. The molecule has 5 rings (SSSR count). The van der Waals surface area contributed by atoms with Gasteiger partial charge in [-0.2, -0.15) is 0 Å². The molecule has 2 aliphatic rings. The Balaban J connectivity index is 1.36. The summed E-state index contributed by atoms with van der Waals surface area (Å²) in [5.74, 6) is 0.379. The van der Waals surface area contributed by atoms with E-state index in [0.29, 0.717) is 12.0 Å². The Morgan fingerprint density at radius 1 is 0.938 bits per heavy atom. The molecule has 1 aromatic heterocycles. The highest BCUT2D eigenvalue weighted by Gasteiger charge is 2.48. The second-order valence-electron chi connectivity index (χ2n) is 9.37. The van der Waals surface area contributed by atoms with Gasteiger partial charge in [-0.15, -0.1) is 0 Å². The number of aliphatic hydroxyl groups excluding tert-OH is 1. The van der Waals surface area contributed by atoms with Gasteiger partial charge in [-0.25, -0.2) is 0 Å². The van der Waals surface area contributed by atoms with Crippen molar-refractivity contribution >= 4 is 0 Å². The van der Waals surface area contributed by atoms with Gasteiger partial charge in [0.1, 0.15) is 0 Å². The number of aryl methyl sites for hydroxylation is 1. The third-order valence-electron chi connectivity index (χ3n) is 7.26. The zero-order valence-corrected chi connectivity index (χ0v) is 18.9. The monoisotopic (exact) mass is 427 g/mol. The Morgan fingerprint density at radius 3 is 2.47 bits per heavy atom. The topological polar surface area (TPSA) is 39.6 Å². The van der Waals surface area contributed by atoms with Crippen LogP contribution in [0.2, 0.25) is 0 Å². The summed E-state index contributed by atoms with van der Waals surface area (Å²) >= 11 is 0. The van der Waals surface area contributed by atoms with Gasteiger partial charge in [0.15, 0.2) is 0 Å². The molecule has 2 fully saturated rings. The van der Waals surface area contributed by atoms with Crippen molar-refractivity contribution in [1.82, 2.24) is 14.8 Å². The van der Waals surface area contributed by atoms with Crippen LogP contribution in [0.25, 0.3) is 11.1 Å². The van der Waals surface area contributed by atoms with Crippen molar-refractivity contribution in [2.45, 2.75) is 44.3 Å². The van der Waals surface area contributed by atoms with E-state index >= 15 is 0 Å². The van der Waals surface area contributed by atoms with Crippen LogP contribution in [0.4, 0.5) is 0 Å². The van der Waals surface area contributed by atoms with Gasteiger partial charge in [0.25, 0.3) is 0 Å². The van der Waals surface area contributed by atoms with Gasteiger partial charge in [-0.1, -0.05) is 54.1 Å². The maximum absolute atomic E-state index is 10.2. The number of nitrogens with zero attached hydrogens (tertiary/aromatic N) is 3. The summed E-state index contributed by atoms with van der Waals surface area (Å²) < 4.78 is 0. The molecule has 32 heavy (non-hydrogen) atoms. The lowest BCUT2D eigenvalue weighted by Gasteiger charge is -2.57. The third-order valence-corrected chi connectivity index (χ3v) is 7.26. The standard InChI is InChI=1S/C28H33N3O/c1-21-5-4-6-25(17-21)23-7-9-24(10-8-23)28-26-19-30(18-22-11-13-29-14-12-22)15-2-3-16-31(26)27(28)20-32/h4-14,17,26-28,32H,2-3,15-16,18-20H2,1H3/t26-,27+,28-/m0/s1. The zero-order valence-electron chi connectivity index (χ0n) is 18.9. The van der Waals surface area contributed by atoms with E-state index in [2.05, 4.69) is 82.4 Å². The van der Waals surface area contributed by atoms with Crippen molar-refractivity contribution < 1.29 is 5.11 Å². The first-order valence-corrected chi connectivity index (χ1v) is 11.9. The van der Waals surface area contributed by atoms with E-state index in [9.17, 15) is 5.11 Å². The number of aliphatic hydroxyl groups is 1. The first kappa shape index (κ1) is 21.3. The number of fused-ring (bicyclic) bond motifs is 1. The number of aromatic nitrogens is 1. The Hall–Kier alpha value is -2.53. The van der Waals surface area contributed by atoms with Gasteiger partial charge >= 0.3 is 0 Å². The zero-order chi connectivity index (χ0) is 21.9. The summed E-state index contributed by atoms with van der Waals surface area (Å²) in [6, 6.07) is 22.7. The molecule has 166 valence electrons. The Kier molecular flexibility index (Phi) is 6.35. The summed E-state index contributed by atoms with van der Waals surface area (Å²) in [6.45, 7) is 6.61. The minimum Gasteiger partial charge on any atom is -0.395 e. The van der Waals surface area contributed by atoms with E-state index in [4.69, 9.17) is 0 Å². The maximum atomic E-state index is 10.2. The van der Waals surface area contributed by atoms with Crippen molar-refractivity contribution in [2.75, 3.05) is 26.2 Å². The molecule has 3 aromatic rings. The van der Waals surface area contributed by atoms with E-state index in [1.165, 1.54) is 40.7 Å². The van der Waals surface area contributed by atoms with Crippen LogP contribution in [0.15, 0.2) is 73.1 Å². The number of hydrogen-bond acceptors (Lipinski definition) is 4. The molecule has 0 aliphatic carbocycles. The normalized spacial score (nSPS) is 24.2. The predicted octanol–water partition coefficient (Wildman–Crippen LogP) is 4.48. The van der Waals surface area contributed by atoms with Gasteiger partial charge < -0.3 is 5.11 Å². The van der Waals surface area contributed by atoms with Crippen LogP contribution >= 0.6 is 0 Å². The van der Waals surface area contributed by atoms with E-state index in [1.807, 2.05) is 12.4 Å². The maximum Gasteiger partial charge on any atom is 0.0593 e. The van der Waals surface area contributed by atoms with Gasteiger partial charge in [0.05, 0.1) is 6.61 Å². The summed E-state index contributed by atoms with van der Waals surface area (Å²) in [6.07, 6.45) is 6.17. The average Bonchev–Trinajstić information content (AvgIpc) is 2.81. The van der Waals surface area contributed by atoms with Crippen LogP contribution in [0.1, 0.15) is 35.4 Å². The van der Waals surface area contributed by atoms with Crippen LogP contribution in [0.5, 0.6) is 0 Å². The molecule has 0 unspecified atom stereocenters. The highest BCUT2D eigenvalue weighted by atomic mass is 16.3. The van der Waals surface area contributed by atoms with Gasteiger partial charge in [-0.05, 0) is 67.2 Å². The van der Waals surface area contributed by atoms with Crippen LogP contribution in [0, 0.1) is 6.92 Å². The fraction of sp³-hybridized carbons (Fsp3) is 0.393. The van der Waals surface area contributed by atoms with Crippen LogP contribution in [-0.4, -0.2) is 58.2 Å². The van der Waals surface area contributed by atoms with Crippen molar-refractivity contribution in [2.24, 2.45) is 0 Å². The lowest BCUT2D eigenvalue weighted by atomic mass is 9.74. The molecule has 3 heterocycles. The summed E-state index contributed by atoms with van der Waals surface area (Å²) in [5.41, 5.74) is 6.48. The molecular formula is C28H33N3O. The second kappa shape index (κ2) is 9.53. The number of pyridine rings is 1. The Morgan fingerprint density at radius 2 is 1.72 bits per heavy atom. The molecule has 0 saturated carbocycles. The van der Waals surface area contributed by atoms with Crippen LogP contribution in [0.3, 0.4) is 0 Å². The van der Waals surface area contributed by atoms with E-state index < -0.39 is 0 Å². The Bertz CT molecular complexity index is 1020. The van der Waals surface area contributed by atoms with Crippen molar-refractivity contribution in [3.05, 3.63) is 89.7 Å². The van der Waals surface area contributed by atoms with Crippen LogP contribution < -0.4 is 0 Å². The molecule has 3 atom stereocenters. The van der Waals surface area contributed by atoms with E-state index in [0.717, 1.165) is 26.2 Å². The second-order valence-corrected chi connectivity index (χ2v) is 9.37. The summed E-state index contributed by atoms with van der Waals surface area (Å²) in [7, 11) is 0. The molecule has 2 aliphatic heterocycles. The minimum atomic E-state index is 0.227. The smallest absolute Gasteiger partial charge is 0.0593 e. The average molecular weight is 428 g/mol. The minimum absolute atomic E-state index is 0.227. The lowest BCUT2D eigenvalue weighted by molar-refractivity contribution is -0.0655.